The first-order valence-electron chi connectivity index (χ1n) is 7.10. The first-order valence-corrected chi connectivity index (χ1v) is 7.48. The highest BCUT2D eigenvalue weighted by molar-refractivity contribution is 6.32. The molecule has 0 fully saturated rings. The number of benzene rings is 2. The van der Waals surface area contributed by atoms with Crippen LogP contribution in [0.5, 0.6) is 17.2 Å². The van der Waals surface area contributed by atoms with Crippen molar-refractivity contribution in [3.63, 3.8) is 0 Å². The zero-order valence-electron chi connectivity index (χ0n) is 12.7. The maximum absolute atomic E-state index is 13.1. The average molecular weight is 389 g/mol. The molecular weight excluding hydrogens is 380 g/mol. The van der Waals surface area contributed by atoms with Gasteiger partial charge in [0.1, 0.15) is 23.1 Å². The van der Waals surface area contributed by atoms with E-state index < -0.39 is 29.6 Å². The number of fused-ring (bicyclic) bond motifs is 1. The number of hydrogen-bond acceptors (Lipinski definition) is 3. The summed E-state index contributed by atoms with van der Waals surface area (Å²) in [5.41, 5.74) is -0.763. The van der Waals surface area contributed by atoms with E-state index in [2.05, 4.69) is 0 Å². The van der Waals surface area contributed by atoms with E-state index in [1.165, 1.54) is 24.3 Å². The van der Waals surface area contributed by atoms with E-state index >= 15 is 0 Å². The molecule has 1 aliphatic heterocycles. The van der Waals surface area contributed by atoms with Gasteiger partial charge >= 0.3 is 12.1 Å². The van der Waals surface area contributed by atoms with Crippen molar-refractivity contribution in [1.82, 2.24) is 0 Å². The molecule has 0 saturated heterocycles. The van der Waals surface area contributed by atoms with Gasteiger partial charge in [-0.25, -0.2) is 9.18 Å². The summed E-state index contributed by atoms with van der Waals surface area (Å²) in [6, 6.07) is 7.30. The van der Waals surface area contributed by atoms with E-state index in [1.54, 1.807) is 0 Å². The Balaban J connectivity index is 1.95. The van der Waals surface area contributed by atoms with Gasteiger partial charge in [-0.1, -0.05) is 11.6 Å². The number of carboxylic acids is 1. The van der Waals surface area contributed by atoms with Gasteiger partial charge in [-0.05, 0) is 36.4 Å². The van der Waals surface area contributed by atoms with Gasteiger partial charge in [0.15, 0.2) is 0 Å². The highest BCUT2D eigenvalue weighted by atomic mass is 35.5. The third kappa shape index (κ3) is 3.60. The van der Waals surface area contributed by atoms with Crippen molar-refractivity contribution in [1.29, 1.82) is 0 Å². The van der Waals surface area contributed by atoms with Crippen LogP contribution >= 0.6 is 11.6 Å². The largest absolute Gasteiger partial charge is 0.478 e. The van der Waals surface area contributed by atoms with E-state index in [1.807, 2.05) is 0 Å². The summed E-state index contributed by atoms with van der Waals surface area (Å²) in [5, 5.41) is 8.96. The molecule has 26 heavy (non-hydrogen) atoms. The van der Waals surface area contributed by atoms with Gasteiger partial charge < -0.3 is 14.6 Å². The Hall–Kier alpha value is -2.74. The standard InChI is InChI=1S/C17H9ClF4O4/c18-12-6-9(19)2-4-13(12)25-10-3-1-8-5-11(16(23)24)15(17(20,21)22)26-14(8)7-10/h1-7,15H,(H,23,24). The Labute approximate surface area is 149 Å². The SMILES string of the molecule is O=C(O)C1=Cc2ccc(Oc3ccc(F)cc3Cl)cc2OC1C(F)(F)F. The van der Waals surface area contributed by atoms with Crippen LogP contribution in [0.4, 0.5) is 17.6 Å². The topological polar surface area (TPSA) is 55.8 Å². The lowest BCUT2D eigenvalue weighted by Crippen LogP contribution is -2.40. The minimum Gasteiger partial charge on any atom is -0.478 e. The van der Waals surface area contributed by atoms with Gasteiger partial charge in [0.05, 0.1) is 10.6 Å². The molecule has 0 aliphatic carbocycles. The number of aliphatic carboxylic acids is 1. The Morgan fingerprint density at radius 2 is 1.92 bits per heavy atom. The van der Waals surface area contributed by atoms with E-state index in [-0.39, 0.29) is 27.8 Å². The maximum atomic E-state index is 13.1. The van der Waals surface area contributed by atoms with Crippen LogP contribution in [0.3, 0.4) is 0 Å². The minimum absolute atomic E-state index is 0.0233. The predicted molar refractivity (Wildman–Crippen MR) is 84.0 cm³/mol. The van der Waals surface area contributed by atoms with Gasteiger partial charge in [0.25, 0.3) is 0 Å². The molecule has 3 rings (SSSR count). The van der Waals surface area contributed by atoms with Crippen LogP contribution < -0.4 is 9.47 Å². The predicted octanol–water partition coefficient (Wildman–Crippen LogP) is 5.06. The fraction of sp³-hybridized carbons (Fsp3) is 0.118. The molecule has 0 spiro atoms. The fourth-order valence-electron chi connectivity index (χ4n) is 2.34. The van der Waals surface area contributed by atoms with Crippen molar-refractivity contribution in [3.05, 3.63) is 58.4 Å². The first-order chi connectivity index (χ1) is 12.1. The summed E-state index contributed by atoms with van der Waals surface area (Å²) >= 11 is 5.84. The van der Waals surface area contributed by atoms with Crippen LogP contribution in [0.2, 0.25) is 5.02 Å². The summed E-state index contributed by atoms with van der Waals surface area (Å²) in [4.78, 5) is 11.1. The van der Waals surface area contributed by atoms with Crippen LogP contribution in [0.1, 0.15) is 5.56 Å². The molecular formula is C17H9ClF4O4. The molecule has 0 amide bonds. The van der Waals surface area contributed by atoms with E-state index in [0.717, 1.165) is 18.2 Å². The maximum Gasteiger partial charge on any atom is 0.430 e. The smallest absolute Gasteiger partial charge is 0.430 e. The summed E-state index contributed by atoms with van der Waals surface area (Å²) in [5.74, 6) is -2.32. The van der Waals surface area contributed by atoms with Crippen LogP contribution in [0, 0.1) is 5.82 Å². The van der Waals surface area contributed by atoms with E-state index in [4.69, 9.17) is 26.2 Å². The molecule has 1 N–H and O–H groups in total. The van der Waals surface area contributed by atoms with Crippen molar-refractivity contribution in [2.24, 2.45) is 0 Å². The highest BCUT2D eigenvalue weighted by Gasteiger charge is 2.48. The molecule has 1 unspecified atom stereocenters. The van der Waals surface area contributed by atoms with Gasteiger partial charge in [0.2, 0.25) is 6.10 Å². The van der Waals surface area contributed by atoms with Crippen molar-refractivity contribution in [2.75, 3.05) is 0 Å². The van der Waals surface area contributed by atoms with Crippen LogP contribution in [-0.4, -0.2) is 23.4 Å². The number of carboxylic acid groups (broad SMARTS) is 1. The Kier molecular flexibility index (Phi) is 4.53. The van der Waals surface area contributed by atoms with Crippen molar-refractivity contribution in [2.45, 2.75) is 12.3 Å². The lowest BCUT2D eigenvalue weighted by molar-refractivity contribution is -0.187. The highest BCUT2D eigenvalue weighted by Crippen LogP contribution is 2.40. The summed E-state index contributed by atoms with van der Waals surface area (Å²) in [6.07, 6.45) is -6.61. The second-order valence-corrected chi connectivity index (χ2v) is 5.73. The second-order valence-electron chi connectivity index (χ2n) is 5.32. The number of halogens is 5. The average Bonchev–Trinajstić information content (AvgIpc) is 2.55. The summed E-state index contributed by atoms with van der Waals surface area (Å²) in [6.45, 7) is 0. The van der Waals surface area contributed by atoms with Gasteiger partial charge in [-0.3, -0.25) is 0 Å². The number of alkyl halides is 3. The van der Waals surface area contributed by atoms with Gasteiger partial charge in [-0.15, -0.1) is 0 Å². The molecule has 4 nitrogen and oxygen atoms in total. The van der Waals surface area contributed by atoms with Crippen molar-refractivity contribution >= 4 is 23.6 Å². The Morgan fingerprint density at radius 3 is 2.54 bits per heavy atom. The van der Waals surface area contributed by atoms with E-state index in [9.17, 15) is 22.4 Å². The number of hydrogen-bond donors (Lipinski definition) is 1. The second kappa shape index (κ2) is 6.53. The minimum atomic E-state index is -4.90. The van der Waals surface area contributed by atoms with Gasteiger partial charge in [0, 0.05) is 11.6 Å². The van der Waals surface area contributed by atoms with Crippen LogP contribution in [-0.2, 0) is 4.79 Å². The third-order valence-electron chi connectivity index (χ3n) is 3.49. The molecule has 1 heterocycles. The number of ether oxygens (including phenoxy) is 2. The molecule has 2 aromatic rings. The summed E-state index contributed by atoms with van der Waals surface area (Å²) < 4.78 is 62.5. The molecule has 1 atom stereocenters. The lowest BCUT2D eigenvalue weighted by atomic mass is 10.0. The van der Waals surface area contributed by atoms with E-state index in [0.29, 0.717) is 0 Å². The number of rotatable bonds is 3. The zero-order chi connectivity index (χ0) is 19.1. The fourth-order valence-corrected chi connectivity index (χ4v) is 2.54. The number of carbonyl (C=O) groups is 1. The molecule has 9 heteroatoms. The lowest BCUT2D eigenvalue weighted by Gasteiger charge is -2.27. The molecule has 0 bridgehead atoms. The molecule has 0 radical (unpaired) electrons. The normalized spacial score (nSPS) is 16.3. The molecule has 136 valence electrons. The van der Waals surface area contributed by atoms with Crippen molar-refractivity contribution in [3.8, 4) is 17.2 Å². The molecule has 0 saturated carbocycles. The van der Waals surface area contributed by atoms with Crippen molar-refractivity contribution < 1.29 is 36.9 Å². The zero-order valence-corrected chi connectivity index (χ0v) is 13.4. The molecule has 2 aromatic carbocycles. The Morgan fingerprint density at radius 1 is 1.19 bits per heavy atom. The Bertz CT molecular complexity index is 908. The quantitative estimate of drug-likeness (QED) is 0.746. The first kappa shape index (κ1) is 18.1. The monoisotopic (exact) mass is 388 g/mol. The van der Waals surface area contributed by atoms with Gasteiger partial charge in [-0.2, -0.15) is 13.2 Å². The third-order valence-corrected chi connectivity index (χ3v) is 3.78. The summed E-state index contributed by atoms with van der Waals surface area (Å²) in [7, 11) is 0. The molecule has 0 aromatic heterocycles. The molecule has 1 aliphatic rings. The van der Waals surface area contributed by atoms with Crippen LogP contribution in [0.15, 0.2) is 42.0 Å². The van der Waals surface area contributed by atoms with Crippen LogP contribution in [0.25, 0.3) is 6.08 Å².